The lowest BCUT2D eigenvalue weighted by atomic mass is 10.2. The fourth-order valence-corrected chi connectivity index (χ4v) is 2.28. The van der Waals surface area contributed by atoms with Gasteiger partial charge in [-0.1, -0.05) is 18.2 Å². The Morgan fingerprint density at radius 1 is 1.36 bits per heavy atom. The number of rotatable bonds is 4. The number of nitrogens with one attached hydrogen (secondary N) is 2. The van der Waals surface area contributed by atoms with Crippen molar-refractivity contribution in [1.82, 2.24) is 20.4 Å². The van der Waals surface area contributed by atoms with E-state index in [9.17, 15) is 4.79 Å². The van der Waals surface area contributed by atoms with Gasteiger partial charge in [-0.3, -0.25) is 4.68 Å². The first kappa shape index (κ1) is 14.2. The highest BCUT2D eigenvalue weighted by Crippen LogP contribution is 2.23. The standard InChI is InChI=1S/C16H18N4O2/c1-11(15-9-12-5-3-4-6-14(12)22-15)19-16(21)17-10-13-7-8-18-20(13)2/h3-9,11H,10H2,1-2H3,(H2,17,19,21). The summed E-state index contributed by atoms with van der Waals surface area (Å²) in [5.41, 5.74) is 1.76. The monoisotopic (exact) mass is 298 g/mol. The molecule has 0 aliphatic rings. The van der Waals surface area contributed by atoms with Gasteiger partial charge in [-0.2, -0.15) is 5.10 Å². The number of hydrogen-bond donors (Lipinski definition) is 2. The Balaban J connectivity index is 1.59. The summed E-state index contributed by atoms with van der Waals surface area (Å²) < 4.78 is 7.47. The van der Waals surface area contributed by atoms with Crippen molar-refractivity contribution in [2.45, 2.75) is 19.5 Å². The lowest BCUT2D eigenvalue weighted by molar-refractivity contribution is 0.235. The van der Waals surface area contributed by atoms with Crippen molar-refractivity contribution in [3.8, 4) is 0 Å². The number of aromatic nitrogens is 2. The highest BCUT2D eigenvalue weighted by Gasteiger charge is 2.14. The molecule has 0 spiro atoms. The quantitative estimate of drug-likeness (QED) is 0.778. The van der Waals surface area contributed by atoms with E-state index in [0.717, 1.165) is 22.4 Å². The maximum absolute atomic E-state index is 12.0. The van der Waals surface area contributed by atoms with Crippen LogP contribution in [0.3, 0.4) is 0 Å². The van der Waals surface area contributed by atoms with Crippen LogP contribution < -0.4 is 10.6 Å². The molecular weight excluding hydrogens is 280 g/mol. The van der Waals surface area contributed by atoms with Crippen molar-refractivity contribution in [2.24, 2.45) is 7.05 Å². The summed E-state index contributed by atoms with van der Waals surface area (Å²) >= 11 is 0. The maximum Gasteiger partial charge on any atom is 0.315 e. The second kappa shape index (κ2) is 5.93. The Labute approximate surface area is 128 Å². The van der Waals surface area contributed by atoms with E-state index in [4.69, 9.17) is 4.42 Å². The molecule has 22 heavy (non-hydrogen) atoms. The first-order chi connectivity index (χ1) is 10.6. The van der Waals surface area contributed by atoms with Crippen LogP contribution in [0.15, 0.2) is 47.0 Å². The van der Waals surface area contributed by atoms with Gasteiger partial charge in [0, 0.05) is 18.6 Å². The molecule has 0 aliphatic carbocycles. The topological polar surface area (TPSA) is 72.1 Å². The molecule has 6 nitrogen and oxygen atoms in total. The molecule has 3 aromatic rings. The minimum atomic E-state index is -0.242. The van der Waals surface area contributed by atoms with E-state index < -0.39 is 0 Å². The fraction of sp³-hybridized carbons (Fsp3) is 0.250. The van der Waals surface area contributed by atoms with Crippen molar-refractivity contribution in [2.75, 3.05) is 0 Å². The van der Waals surface area contributed by atoms with Crippen LogP contribution in [-0.4, -0.2) is 15.8 Å². The number of benzene rings is 1. The average molecular weight is 298 g/mol. The fourth-order valence-electron chi connectivity index (χ4n) is 2.28. The Kier molecular flexibility index (Phi) is 3.82. The molecule has 0 saturated heterocycles. The smallest absolute Gasteiger partial charge is 0.315 e. The normalized spacial score (nSPS) is 12.3. The summed E-state index contributed by atoms with van der Waals surface area (Å²) in [6, 6.07) is 11.1. The van der Waals surface area contributed by atoms with E-state index in [1.807, 2.05) is 50.4 Å². The van der Waals surface area contributed by atoms with Crippen LogP contribution in [0.4, 0.5) is 4.79 Å². The van der Waals surface area contributed by atoms with Crippen molar-refractivity contribution in [3.05, 3.63) is 54.0 Å². The number of nitrogens with zero attached hydrogens (tertiary/aromatic N) is 2. The van der Waals surface area contributed by atoms with E-state index in [1.165, 1.54) is 0 Å². The summed E-state index contributed by atoms with van der Waals surface area (Å²) in [4.78, 5) is 12.0. The number of furan rings is 1. The third-order valence-corrected chi connectivity index (χ3v) is 3.57. The molecule has 0 aliphatic heterocycles. The summed E-state index contributed by atoms with van der Waals surface area (Å²) in [7, 11) is 1.84. The van der Waals surface area contributed by atoms with Gasteiger partial charge in [0.25, 0.3) is 0 Å². The number of fused-ring (bicyclic) bond motifs is 1. The first-order valence-corrected chi connectivity index (χ1v) is 7.13. The molecule has 2 aromatic heterocycles. The number of carbonyl (C=O) groups excluding carboxylic acids is 1. The van der Waals surface area contributed by atoms with Gasteiger partial charge in [0.1, 0.15) is 11.3 Å². The Hall–Kier alpha value is -2.76. The molecule has 0 saturated carbocycles. The van der Waals surface area contributed by atoms with Crippen molar-refractivity contribution < 1.29 is 9.21 Å². The lowest BCUT2D eigenvalue weighted by Crippen LogP contribution is -2.36. The van der Waals surface area contributed by atoms with E-state index >= 15 is 0 Å². The number of amides is 2. The molecule has 0 fully saturated rings. The first-order valence-electron chi connectivity index (χ1n) is 7.13. The molecule has 2 amide bonds. The van der Waals surface area contributed by atoms with Gasteiger partial charge in [0.05, 0.1) is 18.3 Å². The maximum atomic E-state index is 12.0. The zero-order valence-electron chi connectivity index (χ0n) is 12.5. The SMILES string of the molecule is CC(NC(=O)NCc1ccnn1C)c1cc2ccccc2o1. The molecule has 3 rings (SSSR count). The number of urea groups is 1. The van der Waals surface area contributed by atoms with Gasteiger partial charge in [-0.25, -0.2) is 4.79 Å². The lowest BCUT2D eigenvalue weighted by Gasteiger charge is -2.12. The Bertz CT molecular complexity index is 757. The molecule has 0 radical (unpaired) electrons. The Morgan fingerprint density at radius 3 is 2.91 bits per heavy atom. The van der Waals surface area contributed by atoms with Crippen molar-refractivity contribution >= 4 is 17.0 Å². The molecule has 1 atom stereocenters. The third-order valence-electron chi connectivity index (χ3n) is 3.57. The van der Waals surface area contributed by atoms with Gasteiger partial charge in [-0.05, 0) is 25.1 Å². The van der Waals surface area contributed by atoms with Crippen molar-refractivity contribution in [1.29, 1.82) is 0 Å². The minimum Gasteiger partial charge on any atom is -0.459 e. The zero-order chi connectivity index (χ0) is 15.5. The number of para-hydroxylation sites is 1. The minimum absolute atomic E-state index is 0.209. The Morgan fingerprint density at radius 2 is 2.18 bits per heavy atom. The van der Waals surface area contributed by atoms with Crippen LogP contribution in [0, 0.1) is 0 Å². The van der Waals surface area contributed by atoms with Gasteiger partial charge in [-0.15, -0.1) is 0 Å². The predicted molar refractivity (Wildman–Crippen MR) is 83.2 cm³/mol. The van der Waals surface area contributed by atoms with Crippen LogP contribution in [-0.2, 0) is 13.6 Å². The van der Waals surface area contributed by atoms with Crippen LogP contribution in [0.5, 0.6) is 0 Å². The highest BCUT2D eigenvalue weighted by atomic mass is 16.3. The molecule has 2 N–H and O–H groups in total. The zero-order valence-corrected chi connectivity index (χ0v) is 12.5. The number of aryl methyl sites for hydroxylation is 1. The number of hydrogen-bond acceptors (Lipinski definition) is 3. The molecule has 6 heteroatoms. The second-order valence-corrected chi connectivity index (χ2v) is 5.18. The predicted octanol–water partition coefficient (Wildman–Crippen LogP) is 2.73. The van der Waals surface area contributed by atoms with Gasteiger partial charge in [0.15, 0.2) is 0 Å². The van der Waals surface area contributed by atoms with Gasteiger partial charge in [0.2, 0.25) is 0 Å². The van der Waals surface area contributed by atoms with Gasteiger partial charge < -0.3 is 15.1 Å². The third kappa shape index (κ3) is 2.95. The molecule has 0 bridgehead atoms. The summed E-state index contributed by atoms with van der Waals surface area (Å²) in [5.74, 6) is 0.733. The van der Waals surface area contributed by atoms with E-state index in [1.54, 1.807) is 10.9 Å². The second-order valence-electron chi connectivity index (χ2n) is 5.18. The van der Waals surface area contributed by atoms with Crippen molar-refractivity contribution in [3.63, 3.8) is 0 Å². The largest absolute Gasteiger partial charge is 0.459 e. The van der Waals surface area contributed by atoms with Gasteiger partial charge >= 0.3 is 6.03 Å². The van der Waals surface area contributed by atoms with Crippen LogP contribution >= 0.6 is 0 Å². The average Bonchev–Trinajstić information content (AvgIpc) is 3.11. The molecular formula is C16H18N4O2. The van der Waals surface area contributed by atoms with Crippen LogP contribution in [0.25, 0.3) is 11.0 Å². The molecule has 1 aromatic carbocycles. The van der Waals surface area contributed by atoms with E-state index in [0.29, 0.717) is 6.54 Å². The molecule has 1 unspecified atom stereocenters. The summed E-state index contributed by atoms with van der Waals surface area (Å²) in [6.45, 7) is 2.32. The summed E-state index contributed by atoms with van der Waals surface area (Å²) in [5, 5.41) is 10.8. The molecule has 114 valence electrons. The number of carbonyl (C=O) groups is 1. The summed E-state index contributed by atoms with van der Waals surface area (Å²) in [6.07, 6.45) is 1.70. The molecule has 2 heterocycles. The van der Waals surface area contributed by atoms with E-state index in [-0.39, 0.29) is 12.1 Å². The van der Waals surface area contributed by atoms with Crippen LogP contribution in [0.1, 0.15) is 24.4 Å². The highest BCUT2D eigenvalue weighted by molar-refractivity contribution is 5.78. The van der Waals surface area contributed by atoms with E-state index in [2.05, 4.69) is 15.7 Å². The van der Waals surface area contributed by atoms with Crippen LogP contribution in [0.2, 0.25) is 0 Å².